The molecule has 0 amide bonds. The van der Waals surface area contributed by atoms with E-state index >= 15 is 0 Å². The smallest absolute Gasteiger partial charge is 0.307 e. The molecule has 2 aromatic rings. The van der Waals surface area contributed by atoms with Crippen molar-refractivity contribution in [3.05, 3.63) is 46.4 Å². The fourth-order valence-corrected chi connectivity index (χ4v) is 3.14. The summed E-state index contributed by atoms with van der Waals surface area (Å²) in [5.41, 5.74) is 7.99. The van der Waals surface area contributed by atoms with Gasteiger partial charge in [0.2, 0.25) is 5.95 Å². The second-order valence-corrected chi connectivity index (χ2v) is 6.81. The number of carboxylic acids is 1. The maximum absolute atomic E-state index is 14.5. The van der Waals surface area contributed by atoms with Gasteiger partial charge in [-0.05, 0) is 37.0 Å². The molecule has 0 bridgehead atoms. The lowest BCUT2D eigenvalue weighted by Crippen LogP contribution is -2.23. The van der Waals surface area contributed by atoms with Gasteiger partial charge in [0.25, 0.3) is 0 Å². The number of benzene rings is 1. The highest BCUT2D eigenvalue weighted by molar-refractivity contribution is 5.70. The molecule has 1 aromatic heterocycles. The van der Waals surface area contributed by atoms with Gasteiger partial charge in [-0.2, -0.15) is 4.98 Å². The lowest BCUT2D eigenvalue weighted by molar-refractivity contribution is -0.136. The summed E-state index contributed by atoms with van der Waals surface area (Å²) in [6.45, 7) is 3.89. The van der Waals surface area contributed by atoms with E-state index in [4.69, 9.17) is 10.8 Å². The van der Waals surface area contributed by atoms with Gasteiger partial charge in [-0.15, -0.1) is 0 Å². The Kier molecular flexibility index (Phi) is 7.69. The standard InChI is InChI=1S/C20H27FN4O3/c1-3-4-15(7-8-26)24-19-16(12(2)23-20(22)25-19)11-14-6-5-13(9-17(14)21)10-18(27)28/h5-6,9,15,26H,3-4,7-8,10-11H2,1-2H3,(H,27,28)(H3,22,23,24,25). The van der Waals surface area contributed by atoms with Crippen LogP contribution in [0, 0.1) is 12.7 Å². The van der Waals surface area contributed by atoms with Gasteiger partial charge in [-0.3, -0.25) is 4.79 Å². The minimum atomic E-state index is -1.01. The first kappa shape index (κ1) is 21.6. The first-order chi connectivity index (χ1) is 13.3. The predicted octanol–water partition coefficient (Wildman–Crippen LogP) is 2.69. The number of rotatable bonds is 10. The summed E-state index contributed by atoms with van der Waals surface area (Å²) in [6, 6.07) is 4.46. The second kappa shape index (κ2) is 9.98. The third kappa shape index (κ3) is 5.88. The van der Waals surface area contributed by atoms with Crippen molar-refractivity contribution >= 4 is 17.7 Å². The van der Waals surface area contributed by atoms with Crippen molar-refractivity contribution in [2.45, 2.75) is 52.0 Å². The van der Waals surface area contributed by atoms with E-state index in [1.54, 1.807) is 19.1 Å². The van der Waals surface area contributed by atoms with E-state index in [9.17, 15) is 14.3 Å². The van der Waals surface area contributed by atoms with Crippen molar-refractivity contribution in [3.8, 4) is 0 Å². The summed E-state index contributed by atoms with van der Waals surface area (Å²) in [5, 5.41) is 21.5. The number of aromatic nitrogens is 2. The van der Waals surface area contributed by atoms with Gasteiger partial charge in [0.05, 0.1) is 6.42 Å². The number of nitrogens with zero attached hydrogens (tertiary/aromatic N) is 2. The molecule has 1 atom stereocenters. The van der Waals surface area contributed by atoms with E-state index in [0.29, 0.717) is 29.1 Å². The Hall–Kier alpha value is -2.74. The fraction of sp³-hybridized carbons (Fsp3) is 0.450. The number of aliphatic carboxylic acids is 1. The van der Waals surface area contributed by atoms with Crippen LogP contribution < -0.4 is 11.1 Å². The molecule has 2 rings (SSSR count). The highest BCUT2D eigenvalue weighted by atomic mass is 19.1. The summed E-state index contributed by atoms with van der Waals surface area (Å²) in [4.78, 5) is 19.3. The molecule has 0 fully saturated rings. The van der Waals surface area contributed by atoms with Gasteiger partial charge >= 0.3 is 5.97 Å². The summed E-state index contributed by atoms with van der Waals surface area (Å²) in [7, 11) is 0. The van der Waals surface area contributed by atoms with Crippen LogP contribution in [0.5, 0.6) is 0 Å². The Morgan fingerprint density at radius 2 is 2.07 bits per heavy atom. The number of hydrogen-bond donors (Lipinski definition) is 4. The molecule has 0 aliphatic carbocycles. The number of nitrogens with one attached hydrogen (secondary N) is 1. The number of nitrogen functional groups attached to an aromatic ring is 1. The lowest BCUT2D eigenvalue weighted by atomic mass is 10.0. The zero-order valence-electron chi connectivity index (χ0n) is 16.2. The summed E-state index contributed by atoms with van der Waals surface area (Å²) >= 11 is 0. The van der Waals surface area contributed by atoms with Crippen molar-refractivity contribution < 1.29 is 19.4 Å². The Morgan fingerprint density at radius 1 is 1.32 bits per heavy atom. The van der Waals surface area contributed by atoms with Crippen LogP contribution in [0.2, 0.25) is 0 Å². The zero-order valence-corrected chi connectivity index (χ0v) is 16.2. The number of aliphatic hydroxyl groups excluding tert-OH is 1. The van der Waals surface area contributed by atoms with E-state index in [2.05, 4.69) is 22.2 Å². The Balaban J connectivity index is 2.33. The maximum atomic E-state index is 14.5. The number of carboxylic acid groups (broad SMARTS) is 1. The summed E-state index contributed by atoms with van der Waals surface area (Å²) < 4.78 is 14.5. The Morgan fingerprint density at radius 3 is 2.68 bits per heavy atom. The number of anilines is 2. The first-order valence-corrected chi connectivity index (χ1v) is 9.33. The van der Waals surface area contributed by atoms with Gasteiger partial charge < -0.3 is 21.3 Å². The SMILES string of the molecule is CCCC(CCO)Nc1nc(N)nc(C)c1Cc1ccc(CC(=O)O)cc1F. The quantitative estimate of drug-likeness (QED) is 0.492. The topological polar surface area (TPSA) is 121 Å². The predicted molar refractivity (Wildman–Crippen MR) is 106 cm³/mol. The highest BCUT2D eigenvalue weighted by Gasteiger charge is 2.17. The molecule has 28 heavy (non-hydrogen) atoms. The highest BCUT2D eigenvalue weighted by Crippen LogP contribution is 2.25. The molecule has 0 aliphatic rings. The molecule has 1 unspecified atom stereocenters. The van der Waals surface area contributed by atoms with Gasteiger partial charge in [0.15, 0.2) is 0 Å². The molecule has 1 aromatic carbocycles. The molecule has 152 valence electrons. The third-order valence-electron chi connectivity index (χ3n) is 4.53. The van der Waals surface area contributed by atoms with Crippen molar-refractivity contribution in [2.24, 2.45) is 0 Å². The van der Waals surface area contributed by atoms with Crippen LogP contribution in [-0.4, -0.2) is 38.8 Å². The molecular weight excluding hydrogens is 363 g/mol. The van der Waals surface area contributed by atoms with Crippen LogP contribution in [0.15, 0.2) is 18.2 Å². The van der Waals surface area contributed by atoms with Crippen LogP contribution >= 0.6 is 0 Å². The maximum Gasteiger partial charge on any atom is 0.307 e. The number of aliphatic hydroxyl groups is 1. The molecule has 0 aliphatic heterocycles. The van der Waals surface area contributed by atoms with Crippen molar-refractivity contribution in [2.75, 3.05) is 17.7 Å². The average molecular weight is 390 g/mol. The van der Waals surface area contributed by atoms with Crippen LogP contribution in [0.4, 0.5) is 16.2 Å². The van der Waals surface area contributed by atoms with Gasteiger partial charge in [0.1, 0.15) is 11.6 Å². The van der Waals surface area contributed by atoms with Crippen molar-refractivity contribution in [1.82, 2.24) is 9.97 Å². The molecule has 0 saturated heterocycles. The largest absolute Gasteiger partial charge is 0.481 e. The third-order valence-corrected chi connectivity index (χ3v) is 4.53. The van der Waals surface area contributed by atoms with E-state index in [1.807, 2.05) is 0 Å². The molecule has 8 heteroatoms. The van der Waals surface area contributed by atoms with Crippen molar-refractivity contribution in [1.29, 1.82) is 0 Å². The number of carbonyl (C=O) groups is 1. The number of hydrogen-bond acceptors (Lipinski definition) is 6. The second-order valence-electron chi connectivity index (χ2n) is 6.81. The minimum absolute atomic E-state index is 0.0187. The lowest BCUT2D eigenvalue weighted by Gasteiger charge is -2.21. The molecule has 1 heterocycles. The zero-order chi connectivity index (χ0) is 20.7. The van der Waals surface area contributed by atoms with E-state index < -0.39 is 11.8 Å². The Labute approximate surface area is 163 Å². The van der Waals surface area contributed by atoms with Crippen LogP contribution in [0.25, 0.3) is 0 Å². The molecule has 0 radical (unpaired) electrons. The molecule has 7 nitrogen and oxygen atoms in total. The molecule has 0 saturated carbocycles. The molecule has 5 N–H and O–H groups in total. The summed E-state index contributed by atoms with van der Waals surface area (Å²) in [5.74, 6) is -0.820. The monoisotopic (exact) mass is 390 g/mol. The van der Waals surface area contributed by atoms with Crippen LogP contribution in [-0.2, 0) is 17.6 Å². The molecule has 0 spiro atoms. The van der Waals surface area contributed by atoms with Crippen LogP contribution in [0.1, 0.15) is 48.6 Å². The van der Waals surface area contributed by atoms with Gasteiger partial charge in [0, 0.05) is 30.3 Å². The first-order valence-electron chi connectivity index (χ1n) is 9.33. The van der Waals surface area contributed by atoms with Gasteiger partial charge in [-0.25, -0.2) is 9.37 Å². The van der Waals surface area contributed by atoms with E-state index in [-0.39, 0.29) is 31.4 Å². The summed E-state index contributed by atoms with van der Waals surface area (Å²) in [6.07, 6.45) is 2.36. The van der Waals surface area contributed by atoms with Crippen LogP contribution in [0.3, 0.4) is 0 Å². The number of nitrogens with two attached hydrogens (primary N) is 1. The number of aryl methyl sites for hydroxylation is 1. The van der Waals surface area contributed by atoms with E-state index in [0.717, 1.165) is 18.4 Å². The van der Waals surface area contributed by atoms with Crippen molar-refractivity contribution in [3.63, 3.8) is 0 Å². The fourth-order valence-electron chi connectivity index (χ4n) is 3.14. The number of halogens is 1. The normalized spacial score (nSPS) is 12.0. The Bertz CT molecular complexity index is 823. The van der Waals surface area contributed by atoms with Gasteiger partial charge in [-0.1, -0.05) is 25.5 Å². The minimum Gasteiger partial charge on any atom is -0.481 e. The van der Waals surface area contributed by atoms with E-state index in [1.165, 1.54) is 6.07 Å². The average Bonchev–Trinajstić information content (AvgIpc) is 2.59. The molecular formula is C20H27FN4O3.